The largest absolute Gasteiger partial charge is 0.417 e. The molecule has 0 unspecified atom stereocenters. The Morgan fingerprint density at radius 2 is 2.00 bits per heavy atom. The molecule has 0 aliphatic heterocycles. The molecule has 0 aliphatic rings. The number of rotatable bonds is 6. The SMILES string of the molecule is CCCCCC(=O)NN=Cc1ccccc1C(F)(F)F. The van der Waals surface area contributed by atoms with E-state index in [1.54, 1.807) is 0 Å². The predicted molar refractivity (Wildman–Crippen MR) is 71.3 cm³/mol. The van der Waals surface area contributed by atoms with Crippen LogP contribution in [0.1, 0.15) is 43.7 Å². The summed E-state index contributed by atoms with van der Waals surface area (Å²) in [4.78, 5) is 11.3. The lowest BCUT2D eigenvalue weighted by atomic mass is 10.1. The molecule has 1 rings (SSSR count). The number of hydrogen-bond acceptors (Lipinski definition) is 2. The van der Waals surface area contributed by atoms with Crippen molar-refractivity contribution in [1.82, 2.24) is 5.43 Å². The van der Waals surface area contributed by atoms with E-state index in [-0.39, 0.29) is 11.5 Å². The molecule has 0 aliphatic carbocycles. The van der Waals surface area contributed by atoms with Crippen molar-refractivity contribution in [3.63, 3.8) is 0 Å². The second kappa shape index (κ2) is 7.67. The number of carbonyl (C=O) groups excluding carboxylic acids is 1. The number of halogens is 3. The van der Waals surface area contributed by atoms with Gasteiger partial charge in [-0.15, -0.1) is 0 Å². The van der Waals surface area contributed by atoms with Gasteiger partial charge < -0.3 is 0 Å². The minimum Gasteiger partial charge on any atom is -0.273 e. The molecular formula is C14H17F3N2O. The highest BCUT2D eigenvalue weighted by Gasteiger charge is 2.32. The summed E-state index contributed by atoms with van der Waals surface area (Å²) in [5, 5.41) is 3.57. The number of amides is 1. The molecule has 1 amide bonds. The molecular weight excluding hydrogens is 269 g/mol. The van der Waals surface area contributed by atoms with Crippen LogP contribution in [-0.2, 0) is 11.0 Å². The fourth-order valence-electron chi connectivity index (χ4n) is 1.63. The van der Waals surface area contributed by atoms with E-state index >= 15 is 0 Å². The Bertz CT molecular complexity index is 470. The van der Waals surface area contributed by atoms with Crippen molar-refractivity contribution in [3.8, 4) is 0 Å². The number of carbonyl (C=O) groups is 1. The lowest BCUT2D eigenvalue weighted by molar-refractivity contribution is -0.137. The molecule has 0 saturated heterocycles. The van der Waals surface area contributed by atoms with Gasteiger partial charge in [-0.1, -0.05) is 38.0 Å². The molecule has 1 N–H and O–H groups in total. The molecule has 0 atom stereocenters. The molecule has 0 bridgehead atoms. The molecule has 0 radical (unpaired) electrons. The number of hydrazone groups is 1. The normalized spacial score (nSPS) is 11.8. The third-order valence-electron chi connectivity index (χ3n) is 2.67. The molecule has 0 saturated carbocycles. The Kier molecular flexibility index (Phi) is 6.21. The van der Waals surface area contributed by atoms with E-state index in [0.29, 0.717) is 6.42 Å². The number of hydrogen-bond donors (Lipinski definition) is 1. The second-order valence-corrected chi connectivity index (χ2v) is 4.34. The molecule has 0 aromatic heterocycles. The first-order chi connectivity index (χ1) is 9.45. The van der Waals surface area contributed by atoms with Gasteiger partial charge in [-0.25, -0.2) is 5.43 Å². The summed E-state index contributed by atoms with van der Waals surface area (Å²) in [5.74, 6) is -0.292. The molecule has 20 heavy (non-hydrogen) atoms. The first kappa shape index (κ1) is 16.2. The number of unbranched alkanes of at least 4 members (excludes halogenated alkanes) is 2. The van der Waals surface area contributed by atoms with E-state index in [1.165, 1.54) is 18.2 Å². The van der Waals surface area contributed by atoms with Crippen LogP contribution in [0.3, 0.4) is 0 Å². The van der Waals surface area contributed by atoms with Crippen LogP contribution in [0.2, 0.25) is 0 Å². The summed E-state index contributed by atoms with van der Waals surface area (Å²) < 4.78 is 38.1. The molecule has 3 nitrogen and oxygen atoms in total. The van der Waals surface area contributed by atoms with Crippen molar-refractivity contribution < 1.29 is 18.0 Å². The van der Waals surface area contributed by atoms with Crippen LogP contribution in [0, 0.1) is 0 Å². The predicted octanol–water partition coefficient (Wildman–Crippen LogP) is 3.74. The Morgan fingerprint density at radius 3 is 2.65 bits per heavy atom. The van der Waals surface area contributed by atoms with Crippen LogP contribution in [0.5, 0.6) is 0 Å². The van der Waals surface area contributed by atoms with Gasteiger partial charge in [0, 0.05) is 12.0 Å². The van der Waals surface area contributed by atoms with Gasteiger partial charge in [0.15, 0.2) is 0 Å². The van der Waals surface area contributed by atoms with E-state index in [9.17, 15) is 18.0 Å². The molecule has 6 heteroatoms. The lowest BCUT2D eigenvalue weighted by Crippen LogP contribution is -2.17. The number of benzene rings is 1. The van der Waals surface area contributed by atoms with Crippen molar-refractivity contribution >= 4 is 12.1 Å². The van der Waals surface area contributed by atoms with Gasteiger partial charge >= 0.3 is 6.18 Å². The van der Waals surface area contributed by atoms with Crippen LogP contribution in [0.4, 0.5) is 13.2 Å². The maximum absolute atomic E-state index is 12.7. The van der Waals surface area contributed by atoms with E-state index in [0.717, 1.165) is 31.5 Å². The zero-order valence-electron chi connectivity index (χ0n) is 11.2. The molecule has 110 valence electrons. The first-order valence-corrected chi connectivity index (χ1v) is 6.43. The van der Waals surface area contributed by atoms with Gasteiger partial charge in [0.25, 0.3) is 0 Å². The summed E-state index contributed by atoms with van der Waals surface area (Å²) in [5.41, 5.74) is 1.38. The van der Waals surface area contributed by atoms with E-state index in [2.05, 4.69) is 10.5 Å². The monoisotopic (exact) mass is 286 g/mol. The zero-order valence-corrected chi connectivity index (χ0v) is 11.2. The summed E-state index contributed by atoms with van der Waals surface area (Å²) in [7, 11) is 0. The third-order valence-corrected chi connectivity index (χ3v) is 2.67. The van der Waals surface area contributed by atoms with Crippen LogP contribution in [0.15, 0.2) is 29.4 Å². The summed E-state index contributed by atoms with van der Waals surface area (Å²) >= 11 is 0. The van der Waals surface area contributed by atoms with Crippen molar-refractivity contribution in [2.24, 2.45) is 5.10 Å². The van der Waals surface area contributed by atoms with Crippen molar-refractivity contribution in [2.45, 2.75) is 38.8 Å². The third kappa shape index (κ3) is 5.42. The lowest BCUT2D eigenvalue weighted by Gasteiger charge is -2.09. The van der Waals surface area contributed by atoms with E-state index in [1.807, 2.05) is 6.92 Å². The molecule has 0 heterocycles. The quantitative estimate of drug-likeness (QED) is 0.483. The fourth-order valence-corrected chi connectivity index (χ4v) is 1.63. The number of nitrogens with zero attached hydrogens (tertiary/aromatic N) is 1. The summed E-state index contributed by atoms with van der Waals surface area (Å²) in [6.45, 7) is 2.02. The zero-order chi connectivity index (χ0) is 15.0. The molecule has 1 aromatic carbocycles. The van der Waals surface area contributed by atoms with Crippen LogP contribution in [0.25, 0.3) is 0 Å². The highest BCUT2D eigenvalue weighted by molar-refractivity contribution is 5.84. The fraction of sp³-hybridized carbons (Fsp3) is 0.429. The standard InChI is InChI=1S/C14H17F3N2O/c1-2-3-4-9-13(20)19-18-10-11-7-5-6-8-12(11)14(15,16)17/h5-8,10H,2-4,9H2,1H3,(H,19,20). The van der Waals surface area contributed by atoms with E-state index in [4.69, 9.17) is 0 Å². The summed E-state index contributed by atoms with van der Waals surface area (Å²) in [6, 6.07) is 5.07. The van der Waals surface area contributed by atoms with Crippen LogP contribution < -0.4 is 5.43 Å². The Labute approximate surface area is 115 Å². The average Bonchev–Trinajstić information content (AvgIpc) is 2.38. The van der Waals surface area contributed by atoms with Gasteiger partial charge in [-0.05, 0) is 12.5 Å². The Balaban J connectivity index is 2.61. The molecule has 0 fully saturated rings. The van der Waals surface area contributed by atoms with Gasteiger partial charge in [0.1, 0.15) is 0 Å². The van der Waals surface area contributed by atoms with Crippen molar-refractivity contribution in [1.29, 1.82) is 0 Å². The first-order valence-electron chi connectivity index (χ1n) is 6.43. The van der Waals surface area contributed by atoms with Gasteiger partial charge in [0.2, 0.25) is 5.91 Å². The molecule has 1 aromatic rings. The minimum atomic E-state index is -4.44. The average molecular weight is 286 g/mol. The number of alkyl halides is 3. The maximum Gasteiger partial charge on any atom is 0.417 e. The van der Waals surface area contributed by atoms with Gasteiger partial charge in [-0.3, -0.25) is 4.79 Å². The summed E-state index contributed by atoms with van der Waals surface area (Å²) in [6.07, 6.45) is -0.416. The molecule has 0 spiro atoms. The smallest absolute Gasteiger partial charge is 0.273 e. The Morgan fingerprint density at radius 1 is 1.30 bits per heavy atom. The van der Waals surface area contributed by atoms with Crippen LogP contribution in [-0.4, -0.2) is 12.1 Å². The van der Waals surface area contributed by atoms with Gasteiger partial charge in [-0.2, -0.15) is 18.3 Å². The highest BCUT2D eigenvalue weighted by atomic mass is 19.4. The van der Waals surface area contributed by atoms with E-state index < -0.39 is 11.7 Å². The topological polar surface area (TPSA) is 41.5 Å². The number of nitrogens with one attached hydrogen (secondary N) is 1. The van der Waals surface area contributed by atoms with Crippen molar-refractivity contribution in [2.75, 3.05) is 0 Å². The van der Waals surface area contributed by atoms with Crippen LogP contribution >= 0.6 is 0 Å². The Hall–Kier alpha value is -1.85. The maximum atomic E-state index is 12.7. The highest BCUT2D eigenvalue weighted by Crippen LogP contribution is 2.30. The van der Waals surface area contributed by atoms with Crippen molar-refractivity contribution in [3.05, 3.63) is 35.4 Å². The second-order valence-electron chi connectivity index (χ2n) is 4.34. The van der Waals surface area contributed by atoms with Gasteiger partial charge in [0.05, 0.1) is 11.8 Å². The minimum absolute atomic E-state index is 0.0751.